The number of anilines is 2. The molecule has 0 bridgehead atoms. The van der Waals surface area contributed by atoms with Gasteiger partial charge in [-0.25, -0.2) is 0 Å². The Kier molecular flexibility index (Phi) is 4.24. The molecule has 1 aromatic carbocycles. The van der Waals surface area contributed by atoms with E-state index in [1.54, 1.807) is 13.0 Å². The summed E-state index contributed by atoms with van der Waals surface area (Å²) in [7, 11) is 0. The van der Waals surface area contributed by atoms with Crippen LogP contribution in [0.3, 0.4) is 0 Å². The summed E-state index contributed by atoms with van der Waals surface area (Å²) in [5, 5.41) is 13.0. The van der Waals surface area contributed by atoms with Crippen LogP contribution in [0.25, 0.3) is 0 Å². The van der Waals surface area contributed by atoms with Crippen LogP contribution in [0, 0.1) is 0 Å². The molecule has 15 heavy (non-hydrogen) atoms. The monoisotopic (exact) mass is 228 g/mol. The summed E-state index contributed by atoms with van der Waals surface area (Å²) >= 11 is 5.89. The third-order valence-corrected chi connectivity index (χ3v) is 2.48. The summed E-state index contributed by atoms with van der Waals surface area (Å²) in [6, 6.07) is 5.63. The van der Waals surface area contributed by atoms with Crippen LogP contribution in [0.2, 0.25) is 5.02 Å². The highest BCUT2D eigenvalue weighted by atomic mass is 35.5. The van der Waals surface area contributed by atoms with Crippen molar-refractivity contribution in [2.45, 2.75) is 32.4 Å². The smallest absolute Gasteiger partial charge is 0.0739 e. The number of aliphatic hydroxyl groups excluding tert-OH is 1. The van der Waals surface area contributed by atoms with Crippen molar-refractivity contribution in [2.75, 3.05) is 11.1 Å². The molecular formula is C11H17ClN2O. The Balaban J connectivity index is 2.68. The number of nitrogens with two attached hydrogens (primary N) is 1. The maximum atomic E-state index is 9.23. The van der Waals surface area contributed by atoms with Gasteiger partial charge in [-0.3, -0.25) is 0 Å². The number of rotatable bonds is 4. The predicted molar refractivity (Wildman–Crippen MR) is 65.2 cm³/mol. The summed E-state index contributed by atoms with van der Waals surface area (Å²) < 4.78 is 0. The van der Waals surface area contributed by atoms with Crippen LogP contribution >= 0.6 is 11.6 Å². The van der Waals surface area contributed by atoms with E-state index in [0.29, 0.717) is 17.1 Å². The van der Waals surface area contributed by atoms with Gasteiger partial charge in [-0.15, -0.1) is 0 Å². The highest BCUT2D eigenvalue weighted by Crippen LogP contribution is 2.27. The van der Waals surface area contributed by atoms with Crippen LogP contribution in [0.1, 0.15) is 20.3 Å². The minimum absolute atomic E-state index is 0.158. The molecule has 84 valence electrons. The van der Waals surface area contributed by atoms with E-state index < -0.39 is 0 Å². The predicted octanol–water partition coefficient (Wildman–Crippen LogP) is 2.49. The van der Waals surface area contributed by atoms with Crippen LogP contribution in [0.15, 0.2) is 18.2 Å². The van der Waals surface area contributed by atoms with Gasteiger partial charge >= 0.3 is 0 Å². The van der Waals surface area contributed by atoms with Gasteiger partial charge in [0.15, 0.2) is 0 Å². The largest absolute Gasteiger partial charge is 0.396 e. The van der Waals surface area contributed by atoms with E-state index in [1.807, 2.05) is 19.1 Å². The summed E-state index contributed by atoms with van der Waals surface area (Å²) in [4.78, 5) is 0. The normalized spacial score (nSPS) is 14.7. The number of hydrogen-bond donors (Lipinski definition) is 3. The highest BCUT2D eigenvalue weighted by Gasteiger charge is 2.08. The Morgan fingerprint density at radius 1 is 1.47 bits per heavy atom. The lowest BCUT2D eigenvalue weighted by Crippen LogP contribution is -2.21. The molecule has 0 aromatic heterocycles. The second-order valence-corrected chi connectivity index (χ2v) is 4.24. The molecule has 3 nitrogen and oxygen atoms in total. The molecule has 0 aliphatic heterocycles. The number of nitrogen functional groups attached to an aromatic ring is 1. The summed E-state index contributed by atoms with van der Waals surface area (Å²) in [6.07, 6.45) is 0.347. The average molecular weight is 229 g/mol. The van der Waals surface area contributed by atoms with Gasteiger partial charge in [0.2, 0.25) is 0 Å². The average Bonchev–Trinajstić information content (AvgIpc) is 2.11. The zero-order valence-electron chi connectivity index (χ0n) is 9.00. The molecule has 4 N–H and O–H groups in total. The van der Waals surface area contributed by atoms with Gasteiger partial charge in [-0.05, 0) is 32.4 Å². The highest BCUT2D eigenvalue weighted by molar-refractivity contribution is 6.33. The van der Waals surface area contributed by atoms with E-state index in [4.69, 9.17) is 17.3 Å². The van der Waals surface area contributed by atoms with Crippen LogP contribution in [-0.4, -0.2) is 17.3 Å². The van der Waals surface area contributed by atoms with E-state index in [-0.39, 0.29) is 12.1 Å². The van der Waals surface area contributed by atoms with E-state index in [9.17, 15) is 5.11 Å². The lowest BCUT2D eigenvalue weighted by Gasteiger charge is -2.18. The van der Waals surface area contributed by atoms with Gasteiger partial charge < -0.3 is 16.2 Å². The van der Waals surface area contributed by atoms with E-state index >= 15 is 0 Å². The molecule has 0 heterocycles. The topological polar surface area (TPSA) is 58.3 Å². The molecule has 0 saturated carbocycles. The molecule has 2 unspecified atom stereocenters. The number of halogens is 1. The van der Waals surface area contributed by atoms with Gasteiger partial charge in [0.25, 0.3) is 0 Å². The molecule has 0 radical (unpaired) electrons. The lowest BCUT2D eigenvalue weighted by molar-refractivity contribution is 0.179. The Labute approximate surface area is 95.2 Å². The lowest BCUT2D eigenvalue weighted by atomic mass is 10.1. The fraction of sp³-hybridized carbons (Fsp3) is 0.455. The van der Waals surface area contributed by atoms with E-state index in [1.165, 1.54) is 0 Å². The summed E-state index contributed by atoms with van der Waals surface area (Å²) in [6.45, 7) is 3.76. The van der Waals surface area contributed by atoms with Crippen molar-refractivity contribution in [2.24, 2.45) is 0 Å². The fourth-order valence-electron chi connectivity index (χ4n) is 1.50. The minimum Gasteiger partial charge on any atom is -0.396 e. The summed E-state index contributed by atoms with van der Waals surface area (Å²) in [5.41, 5.74) is 7.17. The molecule has 0 aliphatic carbocycles. The minimum atomic E-state index is -0.326. The second kappa shape index (κ2) is 5.24. The first kappa shape index (κ1) is 12.1. The van der Waals surface area contributed by atoms with Crippen molar-refractivity contribution in [1.29, 1.82) is 0 Å². The van der Waals surface area contributed by atoms with Crippen molar-refractivity contribution >= 4 is 23.0 Å². The van der Waals surface area contributed by atoms with E-state index in [0.717, 1.165) is 5.69 Å². The number of benzene rings is 1. The van der Waals surface area contributed by atoms with Crippen LogP contribution in [0.4, 0.5) is 11.4 Å². The van der Waals surface area contributed by atoms with Gasteiger partial charge in [0.05, 0.1) is 22.5 Å². The first-order chi connectivity index (χ1) is 7.00. The number of nitrogens with one attached hydrogen (secondary N) is 1. The fourth-order valence-corrected chi connectivity index (χ4v) is 1.67. The standard InChI is InChI=1S/C11H17ClN2O/c1-7(6-8(2)15)14-10-5-3-4-9(12)11(10)13/h3-5,7-8,14-15H,6,13H2,1-2H3. The molecule has 2 atom stereocenters. The first-order valence-corrected chi connectivity index (χ1v) is 5.37. The van der Waals surface area contributed by atoms with Gasteiger partial charge in [-0.2, -0.15) is 0 Å². The number of aliphatic hydroxyl groups is 1. The van der Waals surface area contributed by atoms with Crippen LogP contribution in [-0.2, 0) is 0 Å². The third-order valence-electron chi connectivity index (χ3n) is 2.15. The van der Waals surface area contributed by atoms with Crippen molar-refractivity contribution in [3.8, 4) is 0 Å². The van der Waals surface area contributed by atoms with Gasteiger partial charge in [0, 0.05) is 6.04 Å². The van der Waals surface area contributed by atoms with Crippen molar-refractivity contribution < 1.29 is 5.11 Å². The Bertz CT molecular complexity index is 328. The Morgan fingerprint density at radius 3 is 2.73 bits per heavy atom. The number of hydrogen-bond acceptors (Lipinski definition) is 3. The molecular weight excluding hydrogens is 212 g/mol. The van der Waals surface area contributed by atoms with Crippen molar-refractivity contribution in [3.63, 3.8) is 0 Å². The SMILES string of the molecule is CC(O)CC(C)Nc1cccc(Cl)c1N. The van der Waals surface area contributed by atoms with Gasteiger partial charge in [-0.1, -0.05) is 17.7 Å². The zero-order chi connectivity index (χ0) is 11.4. The molecule has 1 aromatic rings. The molecule has 0 saturated heterocycles. The third kappa shape index (κ3) is 3.61. The molecule has 0 amide bonds. The molecule has 0 spiro atoms. The molecule has 0 fully saturated rings. The molecule has 1 rings (SSSR count). The van der Waals surface area contributed by atoms with Crippen molar-refractivity contribution in [1.82, 2.24) is 0 Å². The first-order valence-electron chi connectivity index (χ1n) is 4.99. The second-order valence-electron chi connectivity index (χ2n) is 3.83. The quantitative estimate of drug-likeness (QED) is 0.694. The molecule has 0 aliphatic rings. The molecule has 4 heteroatoms. The summed E-state index contributed by atoms with van der Waals surface area (Å²) in [5.74, 6) is 0. The Morgan fingerprint density at radius 2 is 2.13 bits per heavy atom. The van der Waals surface area contributed by atoms with Crippen LogP contribution < -0.4 is 11.1 Å². The zero-order valence-corrected chi connectivity index (χ0v) is 9.75. The Hall–Kier alpha value is -0.930. The number of para-hydroxylation sites is 1. The van der Waals surface area contributed by atoms with Crippen molar-refractivity contribution in [3.05, 3.63) is 23.2 Å². The van der Waals surface area contributed by atoms with Gasteiger partial charge in [0.1, 0.15) is 0 Å². The van der Waals surface area contributed by atoms with Crippen LogP contribution in [0.5, 0.6) is 0 Å². The van der Waals surface area contributed by atoms with E-state index in [2.05, 4.69) is 5.32 Å². The maximum absolute atomic E-state index is 9.23. The maximum Gasteiger partial charge on any atom is 0.0739 e.